The summed E-state index contributed by atoms with van der Waals surface area (Å²) in [7, 11) is 0. The number of nitrogens with zero attached hydrogens (tertiary/aromatic N) is 2. The van der Waals surface area contributed by atoms with Gasteiger partial charge in [0.15, 0.2) is 0 Å². The molecule has 1 atom stereocenters. The van der Waals surface area contributed by atoms with Gasteiger partial charge in [-0.15, -0.1) is 0 Å². The van der Waals surface area contributed by atoms with Crippen LogP contribution in [0.15, 0.2) is 18.3 Å². The van der Waals surface area contributed by atoms with Gasteiger partial charge in [0.1, 0.15) is 11.2 Å². The number of hydrogen-bond donors (Lipinski definition) is 0. The fraction of sp³-hybridized carbons (Fsp3) is 0.600. The second-order valence-corrected chi connectivity index (χ2v) is 10.7. The summed E-state index contributed by atoms with van der Waals surface area (Å²) in [4.78, 5) is 27.0. The van der Waals surface area contributed by atoms with Crippen LogP contribution in [-0.2, 0) is 15.9 Å². The number of ether oxygens (including phenoxy) is 2. The van der Waals surface area contributed by atoms with Crippen LogP contribution in [0, 0.1) is 19.8 Å². The van der Waals surface area contributed by atoms with Crippen molar-refractivity contribution in [2.45, 2.75) is 79.4 Å². The van der Waals surface area contributed by atoms with Gasteiger partial charge in [-0.2, -0.15) is 0 Å². The smallest absolute Gasteiger partial charge is 0.418 e. The summed E-state index contributed by atoms with van der Waals surface area (Å²) in [5, 5.41) is 1.08. The minimum absolute atomic E-state index is 0.239. The number of aryl methyl sites for hydroxylation is 2. The molecule has 1 aliphatic heterocycles. The highest BCUT2D eigenvalue weighted by molar-refractivity contribution is 5.94. The molecule has 31 heavy (non-hydrogen) atoms. The van der Waals surface area contributed by atoms with Crippen LogP contribution >= 0.6 is 0 Å². The lowest BCUT2D eigenvalue weighted by atomic mass is 9.91. The Hall–Kier alpha value is -2.50. The third kappa shape index (κ3) is 5.41. The van der Waals surface area contributed by atoms with Crippen molar-refractivity contribution >= 4 is 23.1 Å². The zero-order chi connectivity index (χ0) is 23.1. The number of carbonyl (C=O) groups is 2. The van der Waals surface area contributed by atoms with Gasteiger partial charge in [-0.25, -0.2) is 9.59 Å². The highest BCUT2D eigenvalue weighted by Gasteiger charge is 2.31. The Balaban J connectivity index is 1.84. The van der Waals surface area contributed by atoms with Crippen LogP contribution in [0.2, 0.25) is 0 Å². The molecule has 0 N–H and O–H groups in total. The van der Waals surface area contributed by atoms with Gasteiger partial charge in [-0.3, -0.25) is 4.57 Å². The first-order valence-electron chi connectivity index (χ1n) is 11.1. The fourth-order valence-corrected chi connectivity index (χ4v) is 4.29. The molecular weight excluding hydrogens is 392 g/mol. The average molecular weight is 429 g/mol. The van der Waals surface area contributed by atoms with Crippen LogP contribution in [0.4, 0.5) is 9.59 Å². The van der Waals surface area contributed by atoms with Gasteiger partial charge >= 0.3 is 12.2 Å². The highest BCUT2D eigenvalue weighted by atomic mass is 16.6. The molecule has 0 spiro atoms. The van der Waals surface area contributed by atoms with E-state index in [4.69, 9.17) is 9.47 Å². The Bertz CT molecular complexity index is 992. The Morgan fingerprint density at radius 3 is 2.23 bits per heavy atom. The molecule has 6 heteroatoms. The van der Waals surface area contributed by atoms with Crippen molar-refractivity contribution in [1.29, 1.82) is 0 Å². The van der Waals surface area contributed by atoms with Gasteiger partial charge in [0.25, 0.3) is 0 Å². The topological polar surface area (TPSA) is 60.8 Å². The molecule has 0 saturated carbocycles. The predicted octanol–water partition coefficient (Wildman–Crippen LogP) is 5.84. The monoisotopic (exact) mass is 428 g/mol. The number of amides is 1. The minimum Gasteiger partial charge on any atom is -0.444 e. The number of likely N-dealkylation sites (tertiary alicyclic amines) is 1. The van der Waals surface area contributed by atoms with Gasteiger partial charge in [0, 0.05) is 24.7 Å². The van der Waals surface area contributed by atoms with E-state index in [1.54, 1.807) is 10.8 Å². The molecule has 0 radical (unpaired) electrons. The van der Waals surface area contributed by atoms with Gasteiger partial charge < -0.3 is 14.4 Å². The Kier molecular flexibility index (Phi) is 6.14. The van der Waals surface area contributed by atoms with Gasteiger partial charge in [-0.1, -0.05) is 6.07 Å². The summed E-state index contributed by atoms with van der Waals surface area (Å²) in [6.45, 7) is 16.8. The van der Waals surface area contributed by atoms with Crippen molar-refractivity contribution in [3.8, 4) is 0 Å². The number of carbonyl (C=O) groups excluding carboxylic acids is 2. The summed E-state index contributed by atoms with van der Waals surface area (Å²) < 4.78 is 12.7. The Labute approximate surface area is 185 Å². The van der Waals surface area contributed by atoms with E-state index in [0.717, 1.165) is 29.3 Å². The maximum atomic E-state index is 12.7. The maximum absolute atomic E-state index is 12.7. The molecule has 2 aromatic rings. The van der Waals surface area contributed by atoms with Crippen molar-refractivity contribution in [3.05, 3.63) is 35.0 Å². The molecule has 1 aliphatic rings. The van der Waals surface area contributed by atoms with Crippen LogP contribution in [-0.4, -0.2) is 45.9 Å². The SMILES string of the molecule is Cc1cc(C)c2c(ccn2C(=O)OC(C)(C)C)c1C[C@H]1CCN(C(=O)OC(C)(C)C)C1. The molecule has 2 heterocycles. The number of rotatable bonds is 2. The third-order valence-electron chi connectivity index (χ3n) is 5.51. The molecular formula is C25H36N2O4. The first-order valence-corrected chi connectivity index (χ1v) is 11.1. The average Bonchev–Trinajstić information content (AvgIpc) is 3.23. The van der Waals surface area contributed by atoms with Gasteiger partial charge in [-0.05, 0) is 96.9 Å². The molecule has 1 saturated heterocycles. The molecule has 1 aromatic heterocycles. The van der Waals surface area contributed by atoms with Crippen LogP contribution < -0.4 is 0 Å². The summed E-state index contributed by atoms with van der Waals surface area (Å²) in [5.41, 5.74) is 3.36. The van der Waals surface area contributed by atoms with Crippen molar-refractivity contribution < 1.29 is 19.1 Å². The lowest BCUT2D eigenvalue weighted by Gasteiger charge is -2.24. The minimum atomic E-state index is -0.552. The van der Waals surface area contributed by atoms with Crippen LogP contribution in [0.25, 0.3) is 10.9 Å². The van der Waals surface area contributed by atoms with Crippen molar-refractivity contribution in [2.24, 2.45) is 5.92 Å². The zero-order valence-electron chi connectivity index (χ0n) is 20.2. The quantitative estimate of drug-likeness (QED) is 0.603. The zero-order valence-corrected chi connectivity index (χ0v) is 20.2. The van der Waals surface area contributed by atoms with E-state index >= 15 is 0 Å². The lowest BCUT2D eigenvalue weighted by Crippen LogP contribution is -2.35. The first-order chi connectivity index (χ1) is 14.2. The van der Waals surface area contributed by atoms with Crippen molar-refractivity contribution in [2.75, 3.05) is 13.1 Å². The standard InChI is InChI=1S/C25H36N2O4/c1-16-13-17(2)21-19(10-12-27(21)23(29)31-25(6,7)8)20(16)14-18-9-11-26(15-18)22(28)30-24(3,4)5/h10,12-13,18H,9,11,14-15H2,1-8H3/t18-/m1/s1. The molecule has 0 bridgehead atoms. The Morgan fingerprint density at radius 2 is 1.61 bits per heavy atom. The second-order valence-electron chi connectivity index (χ2n) is 10.7. The van der Waals surface area contributed by atoms with Crippen LogP contribution in [0.5, 0.6) is 0 Å². The Morgan fingerprint density at radius 1 is 1.00 bits per heavy atom. The van der Waals surface area contributed by atoms with Gasteiger partial charge in [0.05, 0.1) is 5.52 Å². The fourth-order valence-electron chi connectivity index (χ4n) is 4.29. The normalized spacial score (nSPS) is 17.3. The number of hydrogen-bond acceptors (Lipinski definition) is 4. The van der Waals surface area contributed by atoms with Crippen LogP contribution in [0.3, 0.4) is 0 Å². The predicted molar refractivity (Wildman–Crippen MR) is 123 cm³/mol. The lowest BCUT2D eigenvalue weighted by molar-refractivity contribution is 0.0287. The molecule has 3 rings (SSSR count). The van der Waals surface area contributed by atoms with Gasteiger partial charge in [0.2, 0.25) is 0 Å². The highest BCUT2D eigenvalue weighted by Crippen LogP contribution is 2.32. The van der Waals surface area contributed by atoms with E-state index < -0.39 is 11.2 Å². The number of fused-ring (bicyclic) bond motifs is 1. The molecule has 1 aromatic carbocycles. The summed E-state index contributed by atoms with van der Waals surface area (Å²) in [5.74, 6) is 0.363. The van der Waals surface area contributed by atoms with E-state index in [0.29, 0.717) is 19.0 Å². The van der Waals surface area contributed by atoms with Crippen molar-refractivity contribution in [3.63, 3.8) is 0 Å². The van der Waals surface area contributed by atoms with Crippen molar-refractivity contribution in [1.82, 2.24) is 9.47 Å². The largest absolute Gasteiger partial charge is 0.444 e. The van der Waals surface area contributed by atoms with E-state index in [2.05, 4.69) is 13.0 Å². The third-order valence-corrected chi connectivity index (χ3v) is 5.51. The molecule has 6 nitrogen and oxygen atoms in total. The molecule has 1 amide bonds. The summed E-state index contributed by atoms with van der Waals surface area (Å²) in [6.07, 6.45) is 3.01. The molecule has 0 unspecified atom stereocenters. The molecule has 1 fully saturated rings. The van der Waals surface area contributed by atoms with E-state index in [1.807, 2.05) is 59.4 Å². The number of benzene rings is 1. The first kappa shape index (κ1) is 23.2. The van der Waals surface area contributed by atoms with Crippen LogP contribution in [0.1, 0.15) is 64.7 Å². The molecule has 170 valence electrons. The summed E-state index contributed by atoms with van der Waals surface area (Å²) in [6, 6.07) is 4.15. The van der Waals surface area contributed by atoms with E-state index in [-0.39, 0.29) is 12.2 Å². The van der Waals surface area contributed by atoms with E-state index in [9.17, 15) is 9.59 Å². The molecule has 0 aliphatic carbocycles. The maximum Gasteiger partial charge on any atom is 0.418 e. The van der Waals surface area contributed by atoms with E-state index in [1.165, 1.54) is 11.1 Å². The summed E-state index contributed by atoms with van der Waals surface area (Å²) >= 11 is 0. The second kappa shape index (κ2) is 8.21. The number of aromatic nitrogens is 1.